The van der Waals surface area contributed by atoms with Gasteiger partial charge < -0.3 is 9.84 Å². The van der Waals surface area contributed by atoms with E-state index in [4.69, 9.17) is 4.52 Å². The summed E-state index contributed by atoms with van der Waals surface area (Å²) in [6, 6.07) is 5.81. The molecular formula is C17H20N4O2. The fourth-order valence-corrected chi connectivity index (χ4v) is 2.64. The number of pyridine rings is 1. The first-order valence-corrected chi connectivity index (χ1v) is 7.71. The summed E-state index contributed by atoms with van der Waals surface area (Å²) < 4.78 is 5.45. The van der Waals surface area contributed by atoms with Crippen LogP contribution in [0.25, 0.3) is 11.3 Å². The van der Waals surface area contributed by atoms with Crippen molar-refractivity contribution >= 4 is 5.91 Å². The summed E-state index contributed by atoms with van der Waals surface area (Å²) in [5.41, 5.74) is 2.99. The van der Waals surface area contributed by atoms with Crippen molar-refractivity contribution in [3.8, 4) is 11.3 Å². The van der Waals surface area contributed by atoms with Crippen molar-refractivity contribution in [3.63, 3.8) is 0 Å². The van der Waals surface area contributed by atoms with Crippen LogP contribution in [-0.4, -0.2) is 40.6 Å². The van der Waals surface area contributed by atoms with Crippen molar-refractivity contribution in [1.29, 1.82) is 0 Å². The predicted molar refractivity (Wildman–Crippen MR) is 86.4 cm³/mol. The lowest BCUT2D eigenvalue weighted by Gasteiger charge is -2.26. The zero-order chi connectivity index (χ0) is 16.1. The molecule has 2 aromatic heterocycles. The number of hydrogen-bond donors (Lipinski definition) is 1. The number of hydrogen-bond acceptors (Lipinski definition) is 5. The molecule has 6 nitrogen and oxygen atoms in total. The predicted octanol–water partition coefficient (Wildman–Crippen LogP) is 2.00. The van der Waals surface area contributed by atoms with Crippen LogP contribution in [0.2, 0.25) is 0 Å². The van der Waals surface area contributed by atoms with Crippen molar-refractivity contribution < 1.29 is 9.32 Å². The maximum Gasteiger partial charge on any atom is 0.217 e. The topological polar surface area (TPSA) is 71.3 Å². The Labute approximate surface area is 135 Å². The number of carbonyl (C=O) groups excluding carboxylic acids is 1. The Bertz CT molecular complexity index is 694. The first kappa shape index (κ1) is 15.4. The standard InChI is InChI=1S/C17H20N4O2/c1-13(22)19-9-14-4-3-7-21(11-14)12-16-8-17(20-23-16)15-5-2-6-18-10-15/h2,4-6,8,10H,3,7,9,11-12H2,1H3,(H,19,22). The molecule has 120 valence electrons. The molecule has 0 fully saturated rings. The van der Waals surface area contributed by atoms with Crippen LogP contribution in [0, 0.1) is 0 Å². The molecule has 3 rings (SSSR count). The van der Waals surface area contributed by atoms with E-state index in [0.29, 0.717) is 13.1 Å². The van der Waals surface area contributed by atoms with Crippen molar-refractivity contribution in [3.05, 3.63) is 48.0 Å². The maximum absolute atomic E-state index is 11.0. The number of amides is 1. The molecule has 1 aliphatic heterocycles. The fraction of sp³-hybridized carbons (Fsp3) is 0.353. The summed E-state index contributed by atoms with van der Waals surface area (Å²) in [5, 5.41) is 6.97. The SMILES string of the molecule is CC(=O)NCC1=CCCN(Cc2cc(-c3cccnc3)no2)C1. The smallest absolute Gasteiger partial charge is 0.217 e. The van der Waals surface area contributed by atoms with E-state index in [1.165, 1.54) is 12.5 Å². The van der Waals surface area contributed by atoms with Gasteiger partial charge in [-0.3, -0.25) is 14.7 Å². The van der Waals surface area contributed by atoms with Gasteiger partial charge in [0.1, 0.15) is 5.69 Å². The van der Waals surface area contributed by atoms with Gasteiger partial charge in [0, 0.05) is 50.6 Å². The van der Waals surface area contributed by atoms with E-state index in [1.54, 1.807) is 12.4 Å². The quantitative estimate of drug-likeness (QED) is 0.855. The summed E-state index contributed by atoms with van der Waals surface area (Å²) in [5.74, 6) is 0.837. The highest BCUT2D eigenvalue weighted by molar-refractivity contribution is 5.73. The average Bonchev–Trinajstić information content (AvgIpc) is 3.03. The van der Waals surface area contributed by atoms with Gasteiger partial charge in [0.15, 0.2) is 5.76 Å². The van der Waals surface area contributed by atoms with Crippen LogP contribution in [0.15, 0.2) is 46.8 Å². The monoisotopic (exact) mass is 312 g/mol. The van der Waals surface area contributed by atoms with E-state index in [1.807, 2.05) is 18.2 Å². The Morgan fingerprint density at radius 1 is 1.48 bits per heavy atom. The summed E-state index contributed by atoms with van der Waals surface area (Å²) in [4.78, 5) is 17.4. The molecule has 0 atom stereocenters. The normalized spacial score (nSPS) is 15.3. The molecular weight excluding hydrogens is 292 g/mol. The third-order valence-electron chi connectivity index (χ3n) is 3.77. The van der Waals surface area contributed by atoms with Gasteiger partial charge in [-0.25, -0.2) is 0 Å². The molecule has 1 N–H and O–H groups in total. The number of nitrogens with zero attached hydrogens (tertiary/aromatic N) is 3. The van der Waals surface area contributed by atoms with Crippen molar-refractivity contribution in [2.24, 2.45) is 0 Å². The molecule has 1 aliphatic rings. The molecule has 0 bridgehead atoms. The second-order valence-corrected chi connectivity index (χ2v) is 5.69. The molecule has 6 heteroatoms. The zero-order valence-electron chi connectivity index (χ0n) is 13.2. The Morgan fingerprint density at radius 3 is 3.17 bits per heavy atom. The number of nitrogens with one attached hydrogen (secondary N) is 1. The van der Waals surface area contributed by atoms with Gasteiger partial charge in [0.25, 0.3) is 0 Å². The molecule has 0 unspecified atom stereocenters. The minimum atomic E-state index is -0.000583. The Kier molecular flexibility index (Phi) is 4.83. The lowest BCUT2D eigenvalue weighted by atomic mass is 10.1. The van der Waals surface area contributed by atoms with E-state index >= 15 is 0 Å². The molecule has 0 radical (unpaired) electrons. The first-order valence-electron chi connectivity index (χ1n) is 7.71. The first-order chi connectivity index (χ1) is 11.2. The Balaban J connectivity index is 1.59. The average molecular weight is 312 g/mol. The molecule has 2 aromatic rings. The summed E-state index contributed by atoms with van der Waals surface area (Å²) in [6.07, 6.45) is 6.70. The third-order valence-corrected chi connectivity index (χ3v) is 3.77. The molecule has 0 aliphatic carbocycles. The third kappa shape index (κ3) is 4.26. The number of carbonyl (C=O) groups is 1. The van der Waals surface area contributed by atoms with Gasteiger partial charge >= 0.3 is 0 Å². The molecule has 0 aromatic carbocycles. The van der Waals surface area contributed by atoms with E-state index in [9.17, 15) is 4.79 Å². The summed E-state index contributed by atoms with van der Waals surface area (Å²) in [6.45, 7) is 4.68. The minimum absolute atomic E-state index is 0.000583. The van der Waals surface area contributed by atoms with Gasteiger partial charge in [0.05, 0.1) is 6.54 Å². The molecule has 0 spiro atoms. The summed E-state index contributed by atoms with van der Waals surface area (Å²) in [7, 11) is 0. The van der Waals surface area contributed by atoms with Crippen LogP contribution < -0.4 is 5.32 Å². The van der Waals surface area contributed by atoms with E-state index in [2.05, 4.69) is 26.4 Å². The Morgan fingerprint density at radius 2 is 2.39 bits per heavy atom. The minimum Gasteiger partial charge on any atom is -0.359 e. The van der Waals surface area contributed by atoms with E-state index in [-0.39, 0.29) is 5.91 Å². The summed E-state index contributed by atoms with van der Waals surface area (Å²) >= 11 is 0. The van der Waals surface area contributed by atoms with Gasteiger partial charge in [-0.1, -0.05) is 11.2 Å². The zero-order valence-corrected chi connectivity index (χ0v) is 13.2. The molecule has 23 heavy (non-hydrogen) atoms. The van der Waals surface area contributed by atoms with Crippen molar-refractivity contribution in [1.82, 2.24) is 20.4 Å². The maximum atomic E-state index is 11.0. The molecule has 0 saturated heterocycles. The van der Waals surface area contributed by atoms with Gasteiger partial charge in [-0.15, -0.1) is 0 Å². The number of rotatable bonds is 5. The van der Waals surface area contributed by atoms with E-state index in [0.717, 1.165) is 36.5 Å². The van der Waals surface area contributed by atoms with Crippen LogP contribution in [0.1, 0.15) is 19.1 Å². The van der Waals surface area contributed by atoms with Crippen LogP contribution in [0.4, 0.5) is 0 Å². The second-order valence-electron chi connectivity index (χ2n) is 5.69. The van der Waals surface area contributed by atoms with Gasteiger partial charge in [-0.2, -0.15) is 0 Å². The van der Waals surface area contributed by atoms with E-state index < -0.39 is 0 Å². The van der Waals surface area contributed by atoms with Crippen LogP contribution in [0.3, 0.4) is 0 Å². The van der Waals surface area contributed by atoms with Gasteiger partial charge in [0.2, 0.25) is 5.91 Å². The second kappa shape index (κ2) is 7.19. The van der Waals surface area contributed by atoms with Crippen LogP contribution in [0.5, 0.6) is 0 Å². The largest absolute Gasteiger partial charge is 0.359 e. The van der Waals surface area contributed by atoms with Crippen LogP contribution >= 0.6 is 0 Å². The lowest BCUT2D eigenvalue weighted by molar-refractivity contribution is -0.118. The van der Waals surface area contributed by atoms with Crippen LogP contribution in [-0.2, 0) is 11.3 Å². The fourth-order valence-electron chi connectivity index (χ4n) is 2.64. The van der Waals surface area contributed by atoms with Crippen molar-refractivity contribution in [2.45, 2.75) is 19.9 Å². The highest BCUT2D eigenvalue weighted by Crippen LogP contribution is 2.20. The highest BCUT2D eigenvalue weighted by atomic mass is 16.5. The highest BCUT2D eigenvalue weighted by Gasteiger charge is 2.16. The Hall–Kier alpha value is -2.47. The molecule has 1 amide bonds. The molecule has 3 heterocycles. The van der Waals surface area contributed by atoms with Gasteiger partial charge in [-0.05, 0) is 24.1 Å². The van der Waals surface area contributed by atoms with Crippen molar-refractivity contribution in [2.75, 3.05) is 19.6 Å². The number of aromatic nitrogens is 2. The molecule has 0 saturated carbocycles. The lowest BCUT2D eigenvalue weighted by Crippen LogP contribution is -2.33.